The van der Waals surface area contributed by atoms with Gasteiger partial charge in [-0.15, -0.1) is 0 Å². The van der Waals surface area contributed by atoms with Gasteiger partial charge in [-0.05, 0) is 74.6 Å². The first-order valence-electron chi connectivity index (χ1n) is 9.63. The van der Waals surface area contributed by atoms with Gasteiger partial charge in [-0.1, -0.05) is 48.0 Å². The highest BCUT2D eigenvalue weighted by molar-refractivity contribution is 6.07. The third-order valence-electron chi connectivity index (χ3n) is 5.02. The van der Waals surface area contributed by atoms with Gasteiger partial charge in [0.2, 0.25) is 0 Å². The molecule has 29 heavy (non-hydrogen) atoms. The van der Waals surface area contributed by atoms with Gasteiger partial charge in [-0.2, -0.15) is 0 Å². The molecule has 0 spiro atoms. The van der Waals surface area contributed by atoms with Crippen molar-refractivity contribution in [3.8, 4) is 11.1 Å². The number of ketones is 1. The Bertz CT molecular complexity index is 1080. The van der Waals surface area contributed by atoms with Crippen LogP contribution in [0.4, 0.5) is 16.2 Å². The average molecular weight is 386 g/mol. The first-order valence-corrected chi connectivity index (χ1v) is 9.63. The minimum atomic E-state index is -0.371. The number of carbonyl (C=O) groups excluding carboxylic acids is 2. The van der Waals surface area contributed by atoms with Crippen LogP contribution in [0, 0.1) is 27.7 Å². The Hall–Kier alpha value is -3.40. The summed E-state index contributed by atoms with van der Waals surface area (Å²) in [6.45, 7) is 9.50. The molecule has 0 aliphatic heterocycles. The SMILES string of the molecule is CC(=O)c1ccc(-c2ccccc2C)cc1NC(=O)Nc1c(C)cc(C)cc1C. The molecular weight excluding hydrogens is 360 g/mol. The van der Waals surface area contributed by atoms with E-state index in [0.717, 1.165) is 39.1 Å². The minimum absolute atomic E-state index is 0.0978. The van der Waals surface area contributed by atoms with E-state index in [-0.39, 0.29) is 11.8 Å². The molecule has 0 heterocycles. The maximum Gasteiger partial charge on any atom is 0.323 e. The van der Waals surface area contributed by atoms with Crippen molar-refractivity contribution >= 4 is 23.2 Å². The second-order valence-electron chi connectivity index (χ2n) is 7.48. The van der Waals surface area contributed by atoms with Crippen LogP contribution in [0.1, 0.15) is 39.5 Å². The lowest BCUT2D eigenvalue weighted by Crippen LogP contribution is -2.22. The summed E-state index contributed by atoms with van der Waals surface area (Å²) in [5.41, 5.74) is 8.05. The summed E-state index contributed by atoms with van der Waals surface area (Å²) in [6.07, 6.45) is 0. The number of aryl methyl sites for hydroxylation is 4. The van der Waals surface area contributed by atoms with E-state index in [2.05, 4.69) is 10.6 Å². The van der Waals surface area contributed by atoms with Crippen molar-refractivity contribution < 1.29 is 9.59 Å². The van der Waals surface area contributed by atoms with Crippen molar-refractivity contribution in [2.45, 2.75) is 34.6 Å². The smallest absolute Gasteiger partial charge is 0.307 e. The highest BCUT2D eigenvalue weighted by Crippen LogP contribution is 2.29. The van der Waals surface area contributed by atoms with Gasteiger partial charge >= 0.3 is 6.03 Å². The number of benzene rings is 3. The summed E-state index contributed by atoms with van der Waals surface area (Å²) in [5.74, 6) is -0.0978. The predicted octanol–water partition coefficient (Wildman–Crippen LogP) is 6.43. The molecule has 2 N–H and O–H groups in total. The van der Waals surface area contributed by atoms with Crippen LogP contribution in [-0.4, -0.2) is 11.8 Å². The zero-order chi connectivity index (χ0) is 21.1. The summed E-state index contributed by atoms with van der Waals surface area (Å²) in [6, 6.07) is 17.3. The van der Waals surface area contributed by atoms with Gasteiger partial charge in [0.25, 0.3) is 0 Å². The number of hydrogen-bond donors (Lipinski definition) is 2. The molecule has 0 saturated carbocycles. The van der Waals surface area contributed by atoms with E-state index >= 15 is 0 Å². The third-order valence-corrected chi connectivity index (χ3v) is 5.02. The normalized spacial score (nSPS) is 10.5. The molecule has 0 atom stereocenters. The lowest BCUT2D eigenvalue weighted by atomic mass is 9.97. The van der Waals surface area contributed by atoms with Crippen molar-refractivity contribution in [3.63, 3.8) is 0 Å². The standard InChI is InChI=1S/C25H26N2O2/c1-15-12-17(3)24(18(4)13-15)27-25(29)26-23-14-20(10-11-22(23)19(5)28)21-9-7-6-8-16(21)2/h6-14H,1-5H3,(H2,26,27,29). The number of nitrogens with one attached hydrogen (secondary N) is 2. The summed E-state index contributed by atoms with van der Waals surface area (Å²) in [7, 11) is 0. The Morgan fingerprint density at radius 1 is 0.759 bits per heavy atom. The molecule has 0 aliphatic carbocycles. The summed E-state index contributed by atoms with van der Waals surface area (Å²) < 4.78 is 0. The van der Waals surface area contributed by atoms with Crippen LogP contribution in [0.25, 0.3) is 11.1 Å². The van der Waals surface area contributed by atoms with E-state index in [1.807, 2.05) is 76.2 Å². The number of urea groups is 1. The summed E-state index contributed by atoms with van der Waals surface area (Å²) >= 11 is 0. The van der Waals surface area contributed by atoms with E-state index in [9.17, 15) is 9.59 Å². The number of hydrogen-bond acceptors (Lipinski definition) is 2. The van der Waals surface area contributed by atoms with Crippen LogP contribution < -0.4 is 10.6 Å². The maximum atomic E-state index is 12.7. The van der Waals surface area contributed by atoms with Crippen molar-refractivity contribution in [1.82, 2.24) is 0 Å². The van der Waals surface area contributed by atoms with Crippen LogP contribution in [0.3, 0.4) is 0 Å². The van der Waals surface area contributed by atoms with E-state index in [4.69, 9.17) is 0 Å². The number of amides is 2. The van der Waals surface area contributed by atoms with Gasteiger partial charge in [-0.25, -0.2) is 4.79 Å². The zero-order valence-electron chi connectivity index (χ0n) is 17.5. The largest absolute Gasteiger partial charge is 0.323 e. The van der Waals surface area contributed by atoms with Crippen molar-refractivity contribution in [2.75, 3.05) is 10.6 Å². The minimum Gasteiger partial charge on any atom is -0.307 e. The molecule has 3 aromatic carbocycles. The fourth-order valence-corrected chi connectivity index (χ4v) is 3.66. The van der Waals surface area contributed by atoms with Crippen molar-refractivity contribution in [2.24, 2.45) is 0 Å². The fourth-order valence-electron chi connectivity index (χ4n) is 3.66. The first-order chi connectivity index (χ1) is 13.8. The fraction of sp³-hybridized carbons (Fsp3) is 0.200. The van der Waals surface area contributed by atoms with Crippen LogP contribution in [0.5, 0.6) is 0 Å². The quantitative estimate of drug-likeness (QED) is 0.507. The molecule has 2 amide bonds. The molecule has 148 valence electrons. The van der Waals surface area contributed by atoms with Gasteiger partial charge in [0, 0.05) is 11.3 Å². The van der Waals surface area contributed by atoms with Gasteiger partial charge in [-0.3, -0.25) is 4.79 Å². The highest BCUT2D eigenvalue weighted by atomic mass is 16.2. The second-order valence-corrected chi connectivity index (χ2v) is 7.48. The number of Topliss-reactive ketones (excluding diaryl/α,β-unsaturated/α-hetero) is 1. The van der Waals surface area contributed by atoms with E-state index in [1.54, 1.807) is 6.07 Å². The average Bonchev–Trinajstić information content (AvgIpc) is 2.65. The Kier molecular flexibility index (Phi) is 5.83. The lowest BCUT2D eigenvalue weighted by Gasteiger charge is -2.16. The zero-order valence-corrected chi connectivity index (χ0v) is 17.5. The lowest BCUT2D eigenvalue weighted by molar-refractivity contribution is 0.101. The molecule has 0 bridgehead atoms. The molecule has 0 fully saturated rings. The molecular formula is C25H26N2O2. The van der Waals surface area contributed by atoms with Gasteiger partial charge in [0.15, 0.2) is 5.78 Å². The van der Waals surface area contributed by atoms with E-state index in [0.29, 0.717) is 11.3 Å². The molecule has 0 saturated heterocycles. The number of rotatable bonds is 4. The van der Waals surface area contributed by atoms with Crippen LogP contribution >= 0.6 is 0 Å². The van der Waals surface area contributed by atoms with Crippen molar-refractivity contribution in [1.29, 1.82) is 0 Å². The Labute approximate surface area is 172 Å². The summed E-state index contributed by atoms with van der Waals surface area (Å²) in [5, 5.41) is 5.80. The number of carbonyl (C=O) groups is 2. The molecule has 0 aromatic heterocycles. The molecule has 3 aromatic rings. The third kappa shape index (κ3) is 4.54. The molecule has 0 unspecified atom stereocenters. The molecule has 4 nitrogen and oxygen atoms in total. The van der Waals surface area contributed by atoms with Crippen LogP contribution in [0.15, 0.2) is 54.6 Å². The molecule has 0 aliphatic rings. The monoisotopic (exact) mass is 386 g/mol. The molecule has 0 radical (unpaired) electrons. The van der Waals surface area contributed by atoms with Crippen molar-refractivity contribution in [3.05, 3.63) is 82.4 Å². The highest BCUT2D eigenvalue weighted by Gasteiger charge is 2.14. The van der Waals surface area contributed by atoms with Crippen LogP contribution in [-0.2, 0) is 0 Å². The van der Waals surface area contributed by atoms with E-state index in [1.165, 1.54) is 6.92 Å². The maximum absolute atomic E-state index is 12.7. The Morgan fingerprint density at radius 3 is 2.03 bits per heavy atom. The molecule has 4 heteroatoms. The Balaban J connectivity index is 1.93. The van der Waals surface area contributed by atoms with Gasteiger partial charge in [0.1, 0.15) is 0 Å². The predicted molar refractivity (Wildman–Crippen MR) is 120 cm³/mol. The van der Waals surface area contributed by atoms with Gasteiger partial charge in [0.05, 0.1) is 5.69 Å². The first kappa shape index (κ1) is 20.3. The molecule has 3 rings (SSSR count). The summed E-state index contributed by atoms with van der Waals surface area (Å²) in [4.78, 5) is 24.8. The Morgan fingerprint density at radius 2 is 1.41 bits per heavy atom. The topological polar surface area (TPSA) is 58.2 Å². The second kappa shape index (κ2) is 8.31. The van der Waals surface area contributed by atoms with Crippen LogP contribution in [0.2, 0.25) is 0 Å². The number of anilines is 2. The van der Waals surface area contributed by atoms with E-state index < -0.39 is 0 Å². The van der Waals surface area contributed by atoms with Gasteiger partial charge < -0.3 is 10.6 Å².